The van der Waals surface area contributed by atoms with Gasteiger partial charge in [-0.3, -0.25) is 4.90 Å². The molecule has 162 valence electrons. The first kappa shape index (κ1) is 22.2. The molecule has 0 aromatic heterocycles. The topological polar surface area (TPSA) is 42.0 Å². The van der Waals surface area contributed by atoms with Gasteiger partial charge in [0.15, 0.2) is 0 Å². The van der Waals surface area contributed by atoms with Crippen molar-refractivity contribution in [1.29, 1.82) is 0 Å². The summed E-state index contributed by atoms with van der Waals surface area (Å²) in [4.78, 5) is 16.5. The summed E-state index contributed by atoms with van der Waals surface area (Å²) in [6.07, 6.45) is -0.628. The van der Waals surface area contributed by atoms with Gasteiger partial charge in [0, 0.05) is 19.1 Å². The van der Waals surface area contributed by atoms with Gasteiger partial charge in [-0.15, -0.1) is 0 Å². The first-order valence-electron chi connectivity index (χ1n) is 10.4. The first-order chi connectivity index (χ1) is 14.2. The monoisotopic (exact) mass is 414 g/mol. The summed E-state index contributed by atoms with van der Waals surface area (Å²) >= 11 is 0. The number of hydrogen-bond acceptors (Lipinski definition) is 4. The molecule has 2 atom stereocenters. The van der Waals surface area contributed by atoms with Crippen LogP contribution in [0.2, 0.25) is 0 Å². The zero-order valence-electron chi connectivity index (χ0n) is 18.2. The number of hydrogen-bond donors (Lipinski definition) is 0. The van der Waals surface area contributed by atoms with E-state index in [-0.39, 0.29) is 24.2 Å². The van der Waals surface area contributed by atoms with Gasteiger partial charge in [-0.25, -0.2) is 9.18 Å². The maximum absolute atomic E-state index is 13.4. The van der Waals surface area contributed by atoms with Crippen molar-refractivity contribution < 1.29 is 18.7 Å². The average Bonchev–Trinajstić information content (AvgIpc) is 2.71. The molecule has 2 aromatic carbocycles. The summed E-state index contributed by atoms with van der Waals surface area (Å²) in [5.41, 5.74) is 1.53. The average molecular weight is 415 g/mol. The van der Waals surface area contributed by atoms with Crippen LogP contribution in [-0.2, 0) is 16.1 Å². The number of rotatable bonds is 5. The Hall–Kier alpha value is -2.44. The largest absolute Gasteiger partial charge is 0.444 e. The number of ether oxygens (including phenoxy) is 2. The fourth-order valence-electron chi connectivity index (χ4n) is 3.55. The minimum Gasteiger partial charge on any atom is -0.444 e. The van der Waals surface area contributed by atoms with Gasteiger partial charge in [-0.05, 0) is 51.0 Å². The van der Waals surface area contributed by atoms with E-state index in [0.29, 0.717) is 26.2 Å². The van der Waals surface area contributed by atoms with Crippen LogP contribution in [0, 0.1) is 5.82 Å². The molecule has 2 unspecified atom stereocenters. The van der Waals surface area contributed by atoms with Gasteiger partial charge in [0.25, 0.3) is 0 Å². The number of piperazine rings is 1. The molecule has 2 aromatic rings. The number of benzene rings is 2. The van der Waals surface area contributed by atoms with Gasteiger partial charge >= 0.3 is 6.09 Å². The lowest BCUT2D eigenvalue weighted by Gasteiger charge is -2.44. The van der Waals surface area contributed by atoms with Crippen molar-refractivity contribution in [3.8, 4) is 0 Å². The lowest BCUT2D eigenvalue weighted by Crippen LogP contribution is -2.56. The van der Waals surface area contributed by atoms with Gasteiger partial charge in [-0.1, -0.05) is 42.5 Å². The highest BCUT2D eigenvalue weighted by molar-refractivity contribution is 5.68. The zero-order valence-corrected chi connectivity index (χ0v) is 18.2. The van der Waals surface area contributed by atoms with E-state index >= 15 is 0 Å². The van der Waals surface area contributed by atoms with Crippen molar-refractivity contribution in [2.45, 2.75) is 52.2 Å². The molecular weight excluding hydrogens is 383 g/mol. The molecule has 1 fully saturated rings. The van der Waals surface area contributed by atoms with E-state index in [1.54, 1.807) is 17.0 Å². The molecule has 0 spiro atoms. The smallest absolute Gasteiger partial charge is 0.410 e. The molecule has 5 nitrogen and oxygen atoms in total. The van der Waals surface area contributed by atoms with Crippen LogP contribution >= 0.6 is 0 Å². The Morgan fingerprint density at radius 1 is 1.10 bits per heavy atom. The zero-order chi connectivity index (χ0) is 21.7. The van der Waals surface area contributed by atoms with Gasteiger partial charge in [0.1, 0.15) is 17.6 Å². The van der Waals surface area contributed by atoms with E-state index < -0.39 is 5.60 Å². The fourth-order valence-corrected chi connectivity index (χ4v) is 3.55. The summed E-state index contributed by atoms with van der Waals surface area (Å²) in [7, 11) is 0. The molecule has 1 saturated heterocycles. The van der Waals surface area contributed by atoms with E-state index in [2.05, 4.69) is 11.8 Å². The minimum atomic E-state index is -0.546. The fraction of sp³-hybridized carbons (Fsp3) is 0.458. The molecule has 1 aliphatic rings. The highest BCUT2D eigenvalue weighted by Gasteiger charge is 2.35. The molecule has 1 amide bonds. The molecule has 1 aliphatic heterocycles. The van der Waals surface area contributed by atoms with E-state index in [1.165, 1.54) is 12.1 Å². The third kappa shape index (κ3) is 6.03. The SMILES string of the molecule is CC(c1ccc(F)cc1)N1CCN(C(=O)OC(C)(C)C)CC1OCc1ccccc1. The van der Waals surface area contributed by atoms with Crippen LogP contribution in [-0.4, -0.2) is 47.4 Å². The number of halogens is 1. The van der Waals surface area contributed by atoms with Crippen molar-refractivity contribution in [1.82, 2.24) is 9.80 Å². The summed E-state index contributed by atoms with van der Waals surface area (Å²) < 4.78 is 25.2. The summed E-state index contributed by atoms with van der Waals surface area (Å²) in [6, 6.07) is 16.5. The highest BCUT2D eigenvalue weighted by Crippen LogP contribution is 2.27. The Morgan fingerprint density at radius 2 is 1.77 bits per heavy atom. The van der Waals surface area contributed by atoms with E-state index in [9.17, 15) is 9.18 Å². The highest BCUT2D eigenvalue weighted by atomic mass is 19.1. The summed E-state index contributed by atoms with van der Waals surface area (Å²) in [5.74, 6) is -0.252. The molecule has 0 saturated carbocycles. The van der Waals surface area contributed by atoms with Gasteiger partial charge < -0.3 is 14.4 Å². The number of carbonyl (C=O) groups excluding carboxylic acids is 1. The molecule has 30 heavy (non-hydrogen) atoms. The maximum atomic E-state index is 13.4. The molecular formula is C24H31FN2O3. The number of amides is 1. The second-order valence-corrected chi connectivity index (χ2v) is 8.64. The normalized spacial score (nSPS) is 18.8. The second-order valence-electron chi connectivity index (χ2n) is 8.64. The lowest BCUT2D eigenvalue weighted by molar-refractivity contribution is -0.122. The van der Waals surface area contributed by atoms with E-state index in [0.717, 1.165) is 11.1 Å². The van der Waals surface area contributed by atoms with Crippen LogP contribution < -0.4 is 0 Å². The molecule has 3 rings (SSSR count). The Morgan fingerprint density at radius 3 is 2.40 bits per heavy atom. The summed E-state index contributed by atoms with van der Waals surface area (Å²) in [5, 5.41) is 0. The molecule has 0 N–H and O–H groups in total. The second kappa shape index (κ2) is 9.58. The molecule has 1 heterocycles. The lowest BCUT2D eigenvalue weighted by atomic mass is 10.1. The van der Waals surface area contributed by atoms with Gasteiger partial charge in [0.05, 0.1) is 13.2 Å². The molecule has 0 radical (unpaired) electrons. The number of carbonyl (C=O) groups is 1. The maximum Gasteiger partial charge on any atom is 0.410 e. The van der Waals surface area contributed by atoms with E-state index in [1.807, 2.05) is 51.1 Å². The molecule has 0 aliphatic carbocycles. The van der Waals surface area contributed by atoms with Crippen LogP contribution in [0.4, 0.5) is 9.18 Å². The minimum absolute atomic E-state index is 0.0205. The summed E-state index contributed by atoms with van der Waals surface area (Å²) in [6.45, 7) is 9.70. The van der Waals surface area contributed by atoms with Crippen molar-refractivity contribution in [3.63, 3.8) is 0 Å². The Balaban J connectivity index is 1.74. The van der Waals surface area contributed by atoms with Crippen molar-refractivity contribution in [2.24, 2.45) is 0 Å². The predicted octanol–water partition coefficient (Wildman–Crippen LogP) is 4.98. The van der Waals surface area contributed by atoms with Crippen LogP contribution in [0.1, 0.15) is 44.9 Å². The third-order valence-electron chi connectivity index (χ3n) is 5.16. The van der Waals surface area contributed by atoms with Gasteiger partial charge in [-0.2, -0.15) is 0 Å². The van der Waals surface area contributed by atoms with Gasteiger partial charge in [0.2, 0.25) is 0 Å². The third-order valence-corrected chi connectivity index (χ3v) is 5.16. The van der Waals surface area contributed by atoms with Crippen molar-refractivity contribution in [2.75, 3.05) is 19.6 Å². The van der Waals surface area contributed by atoms with Crippen LogP contribution in [0.3, 0.4) is 0 Å². The van der Waals surface area contributed by atoms with Crippen molar-refractivity contribution in [3.05, 3.63) is 71.5 Å². The standard InChI is InChI=1S/C24H31FN2O3/c1-18(20-10-12-21(25)13-11-20)27-15-14-26(23(28)30-24(2,3)4)16-22(27)29-17-19-8-6-5-7-9-19/h5-13,18,22H,14-17H2,1-4H3. The van der Waals surface area contributed by atoms with Crippen molar-refractivity contribution >= 4 is 6.09 Å². The Kier molecular flexibility index (Phi) is 7.10. The van der Waals surface area contributed by atoms with Crippen LogP contribution in [0.5, 0.6) is 0 Å². The Bertz CT molecular complexity index is 821. The number of nitrogens with zero attached hydrogens (tertiary/aromatic N) is 2. The van der Waals surface area contributed by atoms with Crippen LogP contribution in [0.25, 0.3) is 0 Å². The quantitative estimate of drug-likeness (QED) is 0.692. The molecule has 0 bridgehead atoms. The first-order valence-corrected chi connectivity index (χ1v) is 10.4. The predicted molar refractivity (Wildman–Crippen MR) is 114 cm³/mol. The van der Waals surface area contributed by atoms with Crippen LogP contribution in [0.15, 0.2) is 54.6 Å². The Labute approximate surface area is 178 Å². The van der Waals surface area contributed by atoms with E-state index in [4.69, 9.17) is 9.47 Å². The molecule has 6 heteroatoms.